The molecule has 7 heteroatoms. The van der Waals surface area contributed by atoms with Gasteiger partial charge in [0.05, 0.1) is 23.8 Å². The molecule has 0 spiro atoms. The van der Waals surface area contributed by atoms with Gasteiger partial charge in [0.15, 0.2) is 5.65 Å². The summed E-state index contributed by atoms with van der Waals surface area (Å²) in [5, 5.41) is 8.06. The van der Waals surface area contributed by atoms with E-state index < -0.39 is 0 Å². The Kier molecular flexibility index (Phi) is 4.16. The van der Waals surface area contributed by atoms with Gasteiger partial charge in [-0.25, -0.2) is 9.97 Å². The van der Waals surface area contributed by atoms with Crippen LogP contribution in [-0.4, -0.2) is 32.8 Å². The van der Waals surface area contributed by atoms with Gasteiger partial charge in [-0.1, -0.05) is 6.07 Å². The third-order valence-electron chi connectivity index (χ3n) is 3.82. The summed E-state index contributed by atoms with van der Waals surface area (Å²) in [5.41, 5.74) is 3.65. The number of hydrogen-bond donors (Lipinski definition) is 1. The molecule has 0 radical (unpaired) electrons. The van der Waals surface area contributed by atoms with Crippen molar-refractivity contribution in [2.45, 2.75) is 20.4 Å². The maximum absolute atomic E-state index is 12.7. The van der Waals surface area contributed by atoms with Gasteiger partial charge >= 0.3 is 0 Å². The molecule has 24 heavy (non-hydrogen) atoms. The maximum Gasteiger partial charge on any atom is 0.252 e. The first-order chi connectivity index (χ1) is 11.5. The van der Waals surface area contributed by atoms with Crippen LogP contribution in [0, 0.1) is 13.8 Å². The molecule has 1 N–H and O–H groups in total. The summed E-state index contributed by atoms with van der Waals surface area (Å²) in [6.07, 6.45) is 1.65. The van der Waals surface area contributed by atoms with E-state index in [1.54, 1.807) is 24.1 Å². The number of amides is 1. The summed E-state index contributed by atoms with van der Waals surface area (Å²) < 4.78 is 6.90. The molecule has 0 bridgehead atoms. The van der Waals surface area contributed by atoms with Crippen LogP contribution in [0.15, 0.2) is 24.4 Å². The fraction of sp³-hybridized carbons (Fsp3) is 0.294. The number of ether oxygens (including phenoxy) is 1. The van der Waals surface area contributed by atoms with E-state index in [0.29, 0.717) is 23.6 Å². The molecular formula is C17H19N5O2. The molecule has 0 aliphatic rings. The second-order valence-electron chi connectivity index (χ2n) is 5.57. The average Bonchev–Trinajstić information content (AvgIpc) is 2.86. The molecule has 0 aliphatic carbocycles. The van der Waals surface area contributed by atoms with Crippen LogP contribution in [0.4, 0.5) is 0 Å². The van der Waals surface area contributed by atoms with Gasteiger partial charge in [-0.2, -0.15) is 5.10 Å². The number of methoxy groups -OCH3 is 1. The molecule has 0 fully saturated rings. The Balaban J connectivity index is 1.92. The molecule has 0 saturated carbocycles. The van der Waals surface area contributed by atoms with E-state index in [0.717, 1.165) is 22.3 Å². The van der Waals surface area contributed by atoms with Crippen molar-refractivity contribution in [1.29, 1.82) is 0 Å². The SMILES string of the molecule is COc1ncccc1CNC(=O)c1cc(C)nc2c1c(C)nn2C. The minimum Gasteiger partial charge on any atom is -0.481 e. The van der Waals surface area contributed by atoms with E-state index in [1.807, 2.05) is 33.0 Å². The molecule has 3 aromatic rings. The van der Waals surface area contributed by atoms with Crippen molar-refractivity contribution in [2.24, 2.45) is 7.05 Å². The number of aryl methyl sites for hydroxylation is 3. The fourth-order valence-corrected chi connectivity index (χ4v) is 2.76. The number of hydrogen-bond acceptors (Lipinski definition) is 5. The lowest BCUT2D eigenvalue weighted by molar-refractivity contribution is 0.0952. The lowest BCUT2D eigenvalue weighted by Crippen LogP contribution is -2.23. The van der Waals surface area contributed by atoms with E-state index >= 15 is 0 Å². The summed E-state index contributed by atoms with van der Waals surface area (Å²) in [6.45, 7) is 4.07. The fourth-order valence-electron chi connectivity index (χ4n) is 2.76. The van der Waals surface area contributed by atoms with E-state index in [1.165, 1.54) is 0 Å². The van der Waals surface area contributed by atoms with Gasteiger partial charge < -0.3 is 10.1 Å². The Bertz CT molecular complexity index is 917. The van der Waals surface area contributed by atoms with Gasteiger partial charge in [-0.3, -0.25) is 9.48 Å². The summed E-state index contributed by atoms with van der Waals surface area (Å²) in [6, 6.07) is 5.46. The highest BCUT2D eigenvalue weighted by Crippen LogP contribution is 2.22. The molecule has 0 unspecified atom stereocenters. The van der Waals surface area contributed by atoms with Crippen molar-refractivity contribution < 1.29 is 9.53 Å². The van der Waals surface area contributed by atoms with Crippen LogP contribution < -0.4 is 10.1 Å². The minimum atomic E-state index is -0.174. The Morgan fingerprint density at radius 2 is 2.17 bits per heavy atom. The van der Waals surface area contributed by atoms with E-state index in [2.05, 4.69) is 20.4 Å². The van der Waals surface area contributed by atoms with E-state index in [9.17, 15) is 4.79 Å². The second kappa shape index (κ2) is 6.27. The molecule has 7 nitrogen and oxygen atoms in total. The second-order valence-corrected chi connectivity index (χ2v) is 5.57. The normalized spacial score (nSPS) is 10.8. The first-order valence-corrected chi connectivity index (χ1v) is 7.58. The van der Waals surface area contributed by atoms with E-state index in [-0.39, 0.29) is 5.91 Å². The number of carbonyl (C=O) groups excluding carboxylic acids is 1. The topological polar surface area (TPSA) is 81.9 Å². The average molecular weight is 325 g/mol. The third-order valence-corrected chi connectivity index (χ3v) is 3.82. The number of rotatable bonds is 4. The van der Waals surface area contributed by atoms with Crippen LogP contribution in [-0.2, 0) is 13.6 Å². The molecule has 3 heterocycles. The molecule has 3 rings (SSSR count). The van der Waals surface area contributed by atoms with Gasteiger partial charge in [0, 0.05) is 31.0 Å². The van der Waals surface area contributed by atoms with Gasteiger partial charge in [0.25, 0.3) is 5.91 Å². The smallest absolute Gasteiger partial charge is 0.252 e. The van der Waals surface area contributed by atoms with Crippen molar-refractivity contribution in [3.8, 4) is 5.88 Å². The molecule has 124 valence electrons. The van der Waals surface area contributed by atoms with Crippen LogP contribution >= 0.6 is 0 Å². The maximum atomic E-state index is 12.7. The number of nitrogens with zero attached hydrogens (tertiary/aromatic N) is 4. The third kappa shape index (κ3) is 2.80. The van der Waals surface area contributed by atoms with Gasteiger partial charge in [-0.15, -0.1) is 0 Å². The summed E-state index contributed by atoms with van der Waals surface area (Å²) >= 11 is 0. The monoisotopic (exact) mass is 325 g/mol. The minimum absolute atomic E-state index is 0.174. The molecule has 0 aromatic carbocycles. The molecular weight excluding hydrogens is 306 g/mol. The molecule has 1 amide bonds. The van der Waals surface area contributed by atoms with Gasteiger partial charge in [0.1, 0.15) is 0 Å². The van der Waals surface area contributed by atoms with Crippen LogP contribution in [0.3, 0.4) is 0 Å². The lowest BCUT2D eigenvalue weighted by atomic mass is 10.1. The van der Waals surface area contributed by atoms with Crippen LogP contribution in [0.1, 0.15) is 27.3 Å². The van der Waals surface area contributed by atoms with Crippen molar-refractivity contribution in [3.05, 3.63) is 46.9 Å². The molecule has 3 aromatic heterocycles. The zero-order valence-electron chi connectivity index (χ0n) is 14.1. The molecule has 0 aliphatic heterocycles. The summed E-state index contributed by atoms with van der Waals surface area (Å²) in [5.74, 6) is 0.332. The zero-order valence-corrected chi connectivity index (χ0v) is 14.1. The number of nitrogens with one attached hydrogen (secondary N) is 1. The molecule has 0 atom stereocenters. The highest BCUT2D eigenvalue weighted by Gasteiger charge is 2.18. The van der Waals surface area contributed by atoms with Crippen LogP contribution in [0.2, 0.25) is 0 Å². The van der Waals surface area contributed by atoms with Crippen LogP contribution in [0.25, 0.3) is 11.0 Å². The van der Waals surface area contributed by atoms with Crippen molar-refractivity contribution >= 4 is 16.9 Å². The van der Waals surface area contributed by atoms with Crippen molar-refractivity contribution in [3.63, 3.8) is 0 Å². The Morgan fingerprint density at radius 3 is 2.92 bits per heavy atom. The van der Waals surface area contributed by atoms with Gasteiger partial charge in [-0.05, 0) is 26.0 Å². The Morgan fingerprint density at radius 1 is 1.38 bits per heavy atom. The first kappa shape index (κ1) is 15.9. The predicted octanol–water partition coefficient (Wildman–Crippen LogP) is 1.92. The number of carbonyl (C=O) groups is 1. The quantitative estimate of drug-likeness (QED) is 0.792. The van der Waals surface area contributed by atoms with Gasteiger partial charge in [0.2, 0.25) is 5.88 Å². The first-order valence-electron chi connectivity index (χ1n) is 7.58. The lowest BCUT2D eigenvalue weighted by Gasteiger charge is -2.10. The Hall–Kier alpha value is -2.96. The Labute approximate surface area is 139 Å². The summed E-state index contributed by atoms with van der Waals surface area (Å²) in [4.78, 5) is 21.3. The van der Waals surface area contributed by atoms with Crippen LogP contribution in [0.5, 0.6) is 5.88 Å². The number of fused-ring (bicyclic) bond motifs is 1. The molecule has 0 saturated heterocycles. The number of aromatic nitrogens is 4. The summed E-state index contributed by atoms with van der Waals surface area (Å²) in [7, 11) is 3.38. The highest BCUT2D eigenvalue weighted by atomic mass is 16.5. The van der Waals surface area contributed by atoms with Crippen molar-refractivity contribution in [2.75, 3.05) is 7.11 Å². The van der Waals surface area contributed by atoms with E-state index in [4.69, 9.17) is 4.74 Å². The standard InChI is InChI=1S/C17H19N5O2/c1-10-8-13(14-11(2)21-22(3)15(14)20-10)16(23)19-9-12-6-5-7-18-17(12)24-4/h5-8H,9H2,1-4H3,(H,19,23). The largest absolute Gasteiger partial charge is 0.481 e. The highest BCUT2D eigenvalue weighted by molar-refractivity contribution is 6.06. The zero-order chi connectivity index (χ0) is 17.3. The predicted molar refractivity (Wildman–Crippen MR) is 89.9 cm³/mol. The van der Waals surface area contributed by atoms with Crippen molar-refractivity contribution in [1.82, 2.24) is 25.1 Å². The number of pyridine rings is 2.